The summed E-state index contributed by atoms with van der Waals surface area (Å²) in [6, 6.07) is 1.57. The van der Waals surface area contributed by atoms with E-state index in [0.717, 1.165) is 55.3 Å². The number of urea groups is 1. The number of hydrogen-bond donors (Lipinski definition) is 2. The number of nitrogens with zero attached hydrogens (tertiary/aromatic N) is 3. The molecule has 2 amide bonds. The molecule has 10 heteroatoms. The summed E-state index contributed by atoms with van der Waals surface area (Å²) in [7, 11) is -1.81. The monoisotopic (exact) mass is 445 g/mol. The molecule has 1 unspecified atom stereocenters. The highest BCUT2D eigenvalue weighted by Crippen LogP contribution is 2.44. The Morgan fingerprint density at radius 2 is 2.26 bits per heavy atom. The van der Waals surface area contributed by atoms with E-state index < -0.39 is 15.9 Å². The van der Waals surface area contributed by atoms with Crippen molar-refractivity contribution in [3.8, 4) is 5.88 Å². The molecule has 0 fully saturated rings. The number of ether oxygens (including phenoxy) is 2. The van der Waals surface area contributed by atoms with Crippen LogP contribution < -0.4 is 15.2 Å². The highest BCUT2D eigenvalue weighted by molar-refractivity contribution is 7.91. The molecule has 0 bridgehead atoms. The van der Waals surface area contributed by atoms with Gasteiger partial charge >= 0.3 is 6.03 Å². The fraction of sp³-hybridized carbons (Fsp3) is 0.524. The predicted octanol–water partition coefficient (Wildman–Crippen LogP) is 2.76. The number of carbonyl (C=O) groups is 1. The van der Waals surface area contributed by atoms with E-state index in [0.29, 0.717) is 25.6 Å². The summed E-state index contributed by atoms with van der Waals surface area (Å²) < 4.78 is 29.6. The van der Waals surface area contributed by atoms with Crippen molar-refractivity contribution in [2.75, 3.05) is 25.6 Å². The van der Waals surface area contributed by atoms with Crippen LogP contribution in [0.3, 0.4) is 0 Å². The smallest absolute Gasteiger partial charge is 0.354 e. The Hall–Kier alpha value is -2.43. The highest BCUT2D eigenvalue weighted by atomic mass is 32.2. The molecule has 3 aliphatic rings. The number of carbonyl (C=O) groups excluding carboxylic acids is 1. The van der Waals surface area contributed by atoms with Gasteiger partial charge in [0.05, 0.1) is 19.4 Å². The quantitative estimate of drug-likeness (QED) is 0.750. The average Bonchev–Trinajstić information content (AvgIpc) is 3.46. The molecule has 9 nitrogen and oxygen atoms in total. The Balaban J connectivity index is 1.50. The van der Waals surface area contributed by atoms with Gasteiger partial charge < -0.3 is 14.8 Å². The number of nitrogens with two attached hydrogens (primary N) is 1. The summed E-state index contributed by atoms with van der Waals surface area (Å²) in [6.45, 7) is 1.74. The lowest BCUT2D eigenvalue weighted by atomic mass is 9.94. The van der Waals surface area contributed by atoms with Gasteiger partial charge in [-0.1, -0.05) is 6.07 Å². The standard InChI is InChI=1S/C21H27N5O4S/c1-29-12-15-7-6-14-10-13-4-2-5-16(13)19(18(14)15)24-21(27)25-31(22,28)17-11-23-26-8-3-9-30-20(17)26/h10-11,15H,2-9,12H2,1H3,(H3,22,24,25,27,28)/t15-,31?/m0/s1. The van der Waals surface area contributed by atoms with Crippen LogP contribution in [0.15, 0.2) is 21.5 Å². The Labute approximate surface area is 181 Å². The van der Waals surface area contributed by atoms with E-state index in [-0.39, 0.29) is 10.8 Å². The number of aromatic nitrogens is 2. The first kappa shape index (κ1) is 20.5. The van der Waals surface area contributed by atoms with Gasteiger partial charge in [-0.2, -0.15) is 5.10 Å². The van der Waals surface area contributed by atoms with Crippen LogP contribution in [0.25, 0.3) is 0 Å². The second-order valence-corrected chi connectivity index (χ2v) is 10.1. The van der Waals surface area contributed by atoms with Crippen molar-refractivity contribution in [2.24, 2.45) is 9.50 Å². The first-order valence-corrected chi connectivity index (χ1v) is 12.3. The third-order valence-electron chi connectivity index (χ3n) is 6.34. The van der Waals surface area contributed by atoms with Crippen molar-refractivity contribution >= 4 is 21.6 Å². The zero-order valence-electron chi connectivity index (χ0n) is 17.6. The summed E-state index contributed by atoms with van der Waals surface area (Å²) in [6.07, 6.45) is 7.10. The van der Waals surface area contributed by atoms with Crippen LogP contribution in [0.1, 0.15) is 47.4 Å². The third kappa shape index (κ3) is 3.62. The van der Waals surface area contributed by atoms with E-state index in [9.17, 15) is 9.00 Å². The molecule has 2 aliphatic carbocycles. The van der Waals surface area contributed by atoms with Crippen molar-refractivity contribution in [1.29, 1.82) is 0 Å². The van der Waals surface area contributed by atoms with Crippen molar-refractivity contribution in [2.45, 2.75) is 55.9 Å². The molecule has 2 aromatic rings. The first-order valence-electron chi connectivity index (χ1n) is 10.7. The van der Waals surface area contributed by atoms with Gasteiger partial charge in [0, 0.05) is 31.7 Å². The minimum atomic E-state index is -3.50. The number of hydrogen-bond acceptors (Lipinski definition) is 5. The molecule has 0 radical (unpaired) electrons. The van der Waals surface area contributed by atoms with Crippen LogP contribution in [0.5, 0.6) is 5.88 Å². The number of benzene rings is 1. The molecule has 0 spiro atoms. The second-order valence-electron chi connectivity index (χ2n) is 8.34. The Morgan fingerprint density at radius 1 is 1.39 bits per heavy atom. The van der Waals surface area contributed by atoms with Gasteiger partial charge in [-0.25, -0.2) is 18.8 Å². The van der Waals surface area contributed by atoms with Crippen LogP contribution >= 0.6 is 0 Å². The summed E-state index contributed by atoms with van der Waals surface area (Å²) in [5.41, 5.74) is 5.62. The van der Waals surface area contributed by atoms with Crippen molar-refractivity contribution in [3.05, 3.63) is 34.5 Å². The molecule has 2 atom stereocenters. The summed E-state index contributed by atoms with van der Waals surface area (Å²) in [4.78, 5) is 13.1. The van der Waals surface area contributed by atoms with Crippen molar-refractivity contribution < 1.29 is 18.5 Å². The molecule has 1 aromatic carbocycles. The second kappa shape index (κ2) is 7.92. The van der Waals surface area contributed by atoms with E-state index in [1.54, 1.807) is 11.8 Å². The lowest BCUT2D eigenvalue weighted by Gasteiger charge is -2.19. The lowest BCUT2D eigenvalue weighted by molar-refractivity contribution is 0.179. The molecular formula is C21H27N5O4S. The fourth-order valence-corrected chi connectivity index (χ4v) is 6.03. The van der Waals surface area contributed by atoms with E-state index >= 15 is 0 Å². The van der Waals surface area contributed by atoms with Crippen LogP contribution in [-0.4, -0.2) is 40.3 Å². The minimum absolute atomic E-state index is 0.156. The zero-order valence-corrected chi connectivity index (χ0v) is 18.4. The normalized spacial score (nSPS) is 20.9. The number of amides is 2. The largest absolute Gasteiger partial charge is 0.477 e. The number of anilines is 1. The Kier molecular flexibility index (Phi) is 5.23. The molecule has 0 saturated carbocycles. The molecule has 1 aromatic heterocycles. The predicted molar refractivity (Wildman–Crippen MR) is 116 cm³/mol. The van der Waals surface area contributed by atoms with Gasteiger partial charge in [-0.3, -0.25) is 0 Å². The highest BCUT2D eigenvalue weighted by Gasteiger charge is 2.31. The van der Waals surface area contributed by atoms with Gasteiger partial charge in [-0.05, 0) is 54.4 Å². The van der Waals surface area contributed by atoms with Crippen LogP contribution in [0.4, 0.5) is 10.5 Å². The first-order chi connectivity index (χ1) is 15.0. The van der Waals surface area contributed by atoms with Crippen molar-refractivity contribution in [1.82, 2.24) is 9.78 Å². The van der Waals surface area contributed by atoms with Crippen LogP contribution in [0.2, 0.25) is 0 Å². The average molecular weight is 446 g/mol. The van der Waals surface area contributed by atoms with Gasteiger partial charge in [0.1, 0.15) is 4.90 Å². The number of fused-ring (bicyclic) bond motifs is 3. The van der Waals surface area contributed by atoms with E-state index in [2.05, 4.69) is 20.8 Å². The van der Waals surface area contributed by atoms with Gasteiger partial charge in [0.15, 0.2) is 9.92 Å². The lowest BCUT2D eigenvalue weighted by Crippen LogP contribution is -2.21. The number of nitrogens with one attached hydrogen (secondary N) is 1. The zero-order chi connectivity index (χ0) is 21.6. The summed E-state index contributed by atoms with van der Waals surface area (Å²) in [5.74, 6) is 0.552. The minimum Gasteiger partial charge on any atom is -0.477 e. The van der Waals surface area contributed by atoms with Gasteiger partial charge in [0.2, 0.25) is 5.88 Å². The van der Waals surface area contributed by atoms with E-state index in [4.69, 9.17) is 14.6 Å². The van der Waals surface area contributed by atoms with Crippen LogP contribution in [-0.2, 0) is 40.5 Å². The number of aryl methyl sites for hydroxylation is 3. The molecule has 3 N–H and O–H groups in total. The maximum atomic E-state index is 13.2. The molecular weight excluding hydrogens is 418 g/mol. The van der Waals surface area contributed by atoms with E-state index in [1.807, 2.05) is 0 Å². The number of methoxy groups -OCH3 is 1. The molecule has 0 saturated heterocycles. The summed E-state index contributed by atoms with van der Waals surface area (Å²) >= 11 is 0. The van der Waals surface area contributed by atoms with Gasteiger partial charge in [0.25, 0.3) is 0 Å². The Bertz CT molecular complexity index is 1170. The SMILES string of the molecule is COC[C@@H]1CCc2cc3c(c(NC(=O)N=S(N)(=O)c4cnn5c4OCCC5)c21)CCC3. The molecule has 2 heterocycles. The van der Waals surface area contributed by atoms with E-state index in [1.165, 1.54) is 17.3 Å². The fourth-order valence-electron chi connectivity index (χ4n) is 5.03. The third-order valence-corrected chi connectivity index (χ3v) is 7.69. The topological polar surface area (TPSA) is 121 Å². The van der Waals surface area contributed by atoms with Crippen LogP contribution in [0, 0.1) is 0 Å². The molecule has 166 valence electrons. The Morgan fingerprint density at radius 3 is 3.10 bits per heavy atom. The summed E-state index contributed by atoms with van der Waals surface area (Å²) in [5, 5.41) is 13.1. The van der Waals surface area contributed by atoms with Gasteiger partial charge in [-0.15, -0.1) is 4.36 Å². The molecule has 1 aliphatic heterocycles. The maximum Gasteiger partial charge on any atom is 0.354 e. The van der Waals surface area contributed by atoms with Crippen molar-refractivity contribution in [3.63, 3.8) is 0 Å². The molecule has 31 heavy (non-hydrogen) atoms. The number of rotatable bonds is 4. The maximum absolute atomic E-state index is 13.2. The molecule has 5 rings (SSSR count).